The van der Waals surface area contributed by atoms with E-state index in [2.05, 4.69) is 26.7 Å². The molecule has 4 rings (SSSR count). The van der Waals surface area contributed by atoms with Gasteiger partial charge in [-0.25, -0.2) is 4.98 Å². The van der Waals surface area contributed by atoms with Gasteiger partial charge in [-0.05, 0) is 31.0 Å². The van der Waals surface area contributed by atoms with E-state index < -0.39 is 0 Å². The number of hydrogen-bond acceptors (Lipinski definition) is 5. The standard InChI is InChI=1S/C20H17N5/c21-13-14-5-4-8-17(11-14)22-19-12-18(15-6-2-1-3-7-15)24-20(25-19)23-16-9-10-16/h1-8,11-12,16H,9-10H2,(H2,22,23,24,25). The fourth-order valence-corrected chi connectivity index (χ4v) is 2.56. The van der Waals surface area contributed by atoms with E-state index in [-0.39, 0.29) is 0 Å². The summed E-state index contributed by atoms with van der Waals surface area (Å²) in [6.07, 6.45) is 2.32. The van der Waals surface area contributed by atoms with Crippen LogP contribution in [0, 0.1) is 11.3 Å². The minimum absolute atomic E-state index is 0.473. The van der Waals surface area contributed by atoms with Gasteiger partial charge in [0.1, 0.15) is 5.82 Å². The van der Waals surface area contributed by atoms with Crippen LogP contribution in [-0.4, -0.2) is 16.0 Å². The van der Waals surface area contributed by atoms with Crippen molar-refractivity contribution in [3.8, 4) is 17.3 Å². The van der Waals surface area contributed by atoms with E-state index in [4.69, 9.17) is 5.26 Å². The molecule has 1 heterocycles. The molecule has 0 unspecified atom stereocenters. The Bertz CT molecular complexity index is 926. The zero-order valence-electron chi connectivity index (χ0n) is 13.6. The van der Waals surface area contributed by atoms with Gasteiger partial charge >= 0.3 is 0 Å². The molecule has 0 spiro atoms. The molecule has 1 aliphatic carbocycles. The van der Waals surface area contributed by atoms with Crippen molar-refractivity contribution in [1.29, 1.82) is 5.26 Å². The molecule has 0 atom stereocenters. The summed E-state index contributed by atoms with van der Waals surface area (Å²) >= 11 is 0. The van der Waals surface area contributed by atoms with Gasteiger partial charge in [0.05, 0.1) is 17.3 Å². The second kappa shape index (κ2) is 6.62. The van der Waals surface area contributed by atoms with E-state index in [9.17, 15) is 0 Å². The Balaban J connectivity index is 1.69. The fourth-order valence-electron chi connectivity index (χ4n) is 2.56. The normalized spacial score (nSPS) is 13.1. The Hall–Kier alpha value is -3.39. The molecular formula is C20H17N5. The number of nitriles is 1. The zero-order chi connectivity index (χ0) is 17.1. The van der Waals surface area contributed by atoms with Crippen LogP contribution in [0.2, 0.25) is 0 Å². The fraction of sp³-hybridized carbons (Fsp3) is 0.150. The third-order valence-corrected chi connectivity index (χ3v) is 3.97. The van der Waals surface area contributed by atoms with Crippen LogP contribution < -0.4 is 10.6 Å². The molecule has 0 aliphatic heterocycles. The Labute approximate surface area is 146 Å². The van der Waals surface area contributed by atoms with Crippen molar-refractivity contribution in [3.05, 3.63) is 66.2 Å². The van der Waals surface area contributed by atoms with E-state index in [1.807, 2.05) is 48.5 Å². The van der Waals surface area contributed by atoms with Crippen molar-refractivity contribution in [1.82, 2.24) is 9.97 Å². The number of nitrogens with one attached hydrogen (secondary N) is 2. The van der Waals surface area contributed by atoms with Crippen molar-refractivity contribution in [2.45, 2.75) is 18.9 Å². The summed E-state index contributed by atoms with van der Waals surface area (Å²) in [6, 6.07) is 21.9. The maximum absolute atomic E-state index is 9.06. The molecule has 1 fully saturated rings. The Morgan fingerprint density at radius 1 is 0.960 bits per heavy atom. The van der Waals surface area contributed by atoms with Gasteiger partial charge < -0.3 is 10.6 Å². The van der Waals surface area contributed by atoms with Crippen molar-refractivity contribution in [2.75, 3.05) is 10.6 Å². The first-order valence-electron chi connectivity index (χ1n) is 8.28. The second-order valence-corrected chi connectivity index (χ2v) is 6.06. The molecule has 3 aromatic rings. The summed E-state index contributed by atoms with van der Waals surface area (Å²) in [7, 11) is 0. The minimum Gasteiger partial charge on any atom is -0.351 e. The van der Waals surface area contributed by atoms with Gasteiger partial charge in [-0.15, -0.1) is 0 Å². The van der Waals surface area contributed by atoms with E-state index in [0.29, 0.717) is 23.4 Å². The third kappa shape index (κ3) is 3.75. The van der Waals surface area contributed by atoms with Crippen molar-refractivity contribution >= 4 is 17.5 Å². The SMILES string of the molecule is N#Cc1cccc(Nc2cc(-c3ccccc3)nc(NC3CC3)n2)c1. The zero-order valence-corrected chi connectivity index (χ0v) is 13.6. The van der Waals surface area contributed by atoms with E-state index in [0.717, 1.165) is 29.8 Å². The highest BCUT2D eigenvalue weighted by atomic mass is 15.2. The Morgan fingerprint density at radius 2 is 1.80 bits per heavy atom. The van der Waals surface area contributed by atoms with Gasteiger partial charge in [-0.3, -0.25) is 0 Å². The number of anilines is 3. The average molecular weight is 327 g/mol. The van der Waals surface area contributed by atoms with Crippen molar-refractivity contribution < 1.29 is 0 Å². The van der Waals surface area contributed by atoms with Gasteiger partial charge in [0.15, 0.2) is 0 Å². The first kappa shape index (κ1) is 15.2. The summed E-state index contributed by atoms with van der Waals surface area (Å²) in [5.74, 6) is 1.33. The third-order valence-electron chi connectivity index (χ3n) is 3.97. The largest absolute Gasteiger partial charge is 0.351 e. The topological polar surface area (TPSA) is 73.6 Å². The Morgan fingerprint density at radius 3 is 2.56 bits per heavy atom. The van der Waals surface area contributed by atoms with Crippen LogP contribution in [0.3, 0.4) is 0 Å². The lowest BCUT2D eigenvalue weighted by molar-refractivity contribution is 1.06. The summed E-state index contributed by atoms with van der Waals surface area (Å²) in [5.41, 5.74) is 3.34. The molecule has 5 heteroatoms. The highest BCUT2D eigenvalue weighted by Gasteiger charge is 2.22. The quantitative estimate of drug-likeness (QED) is 0.729. The second-order valence-electron chi connectivity index (χ2n) is 6.06. The van der Waals surface area contributed by atoms with Crippen molar-refractivity contribution in [2.24, 2.45) is 0 Å². The average Bonchev–Trinajstić information content (AvgIpc) is 3.46. The van der Waals surface area contributed by atoms with E-state index >= 15 is 0 Å². The highest BCUT2D eigenvalue weighted by molar-refractivity contribution is 5.68. The molecule has 2 aromatic carbocycles. The molecule has 0 saturated heterocycles. The number of hydrogen-bond donors (Lipinski definition) is 2. The van der Waals surface area contributed by atoms with Crippen molar-refractivity contribution in [3.63, 3.8) is 0 Å². The smallest absolute Gasteiger partial charge is 0.225 e. The molecule has 2 N–H and O–H groups in total. The molecule has 1 aliphatic rings. The predicted octanol–water partition coefficient (Wildman–Crippen LogP) is 4.33. The van der Waals surface area contributed by atoms with Crippen LogP contribution >= 0.6 is 0 Å². The molecule has 0 bridgehead atoms. The first-order valence-corrected chi connectivity index (χ1v) is 8.28. The molecule has 0 radical (unpaired) electrons. The van der Waals surface area contributed by atoms with Gasteiger partial charge in [-0.1, -0.05) is 36.4 Å². The predicted molar refractivity (Wildman–Crippen MR) is 98.6 cm³/mol. The van der Waals surface area contributed by atoms with Crippen LogP contribution in [0.15, 0.2) is 60.7 Å². The molecular weight excluding hydrogens is 310 g/mol. The molecule has 1 saturated carbocycles. The number of aromatic nitrogens is 2. The number of rotatable bonds is 5. The van der Waals surface area contributed by atoms with Crippen LogP contribution in [0.25, 0.3) is 11.3 Å². The molecule has 1 aromatic heterocycles. The van der Waals surface area contributed by atoms with Crippen LogP contribution in [0.5, 0.6) is 0 Å². The molecule has 25 heavy (non-hydrogen) atoms. The van der Waals surface area contributed by atoms with Gasteiger partial charge in [0, 0.05) is 23.4 Å². The van der Waals surface area contributed by atoms with Gasteiger partial charge in [0.2, 0.25) is 5.95 Å². The molecule has 5 nitrogen and oxygen atoms in total. The first-order chi connectivity index (χ1) is 12.3. The van der Waals surface area contributed by atoms with E-state index in [1.54, 1.807) is 12.1 Å². The van der Waals surface area contributed by atoms with Gasteiger partial charge in [-0.2, -0.15) is 10.2 Å². The van der Waals surface area contributed by atoms with Gasteiger partial charge in [0.25, 0.3) is 0 Å². The summed E-state index contributed by atoms with van der Waals surface area (Å²) in [6.45, 7) is 0. The molecule has 0 amide bonds. The number of nitrogens with zero attached hydrogens (tertiary/aromatic N) is 3. The van der Waals surface area contributed by atoms with E-state index in [1.165, 1.54) is 0 Å². The molecule has 122 valence electrons. The maximum atomic E-state index is 9.06. The van der Waals surface area contributed by atoms with Crippen LogP contribution in [-0.2, 0) is 0 Å². The summed E-state index contributed by atoms with van der Waals surface area (Å²) in [5, 5.41) is 15.7. The highest BCUT2D eigenvalue weighted by Crippen LogP contribution is 2.27. The minimum atomic E-state index is 0.473. The summed E-state index contributed by atoms with van der Waals surface area (Å²) in [4.78, 5) is 9.22. The summed E-state index contributed by atoms with van der Waals surface area (Å²) < 4.78 is 0. The lowest BCUT2D eigenvalue weighted by Gasteiger charge is -2.11. The lowest BCUT2D eigenvalue weighted by Crippen LogP contribution is -2.07. The van der Waals surface area contributed by atoms with Crippen LogP contribution in [0.1, 0.15) is 18.4 Å². The maximum Gasteiger partial charge on any atom is 0.225 e. The Kier molecular flexibility index (Phi) is 4.01. The van der Waals surface area contributed by atoms with Crippen LogP contribution in [0.4, 0.5) is 17.5 Å². The lowest BCUT2D eigenvalue weighted by atomic mass is 10.1. The number of benzene rings is 2. The monoisotopic (exact) mass is 327 g/mol.